The third-order valence-corrected chi connectivity index (χ3v) is 4.01. The molecule has 9 heteroatoms. The Hall–Kier alpha value is -0.890. The van der Waals surface area contributed by atoms with Crippen LogP contribution in [0.15, 0.2) is 5.38 Å². The lowest BCUT2D eigenvalue weighted by Gasteiger charge is -2.18. The molecule has 0 bridgehead atoms. The van der Waals surface area contributed by atoms with Crippen molar-refractivity contribution < 1.29 is 9.59 Å². The van der Waals surface area contributed by atoms with E-state index in [-0.39, 0.29) is 49.1 Å². The second-order valence-corrected chi connectivity index (χ2v) is 8.01. The smallest absolute Gasteiger partial charge is 0.231 e. The topological polar surface area (TPSA) is 97.1 Å². The Morgan fingerprint density at radius 2 is 1.88 bits per heavy atom. The first-order valence-corrected chi connectivity index (χ1v) is 8.75. The van der Waals surface area contributed by atoms with E-state index in [0.717, 1.165) is 6.42 Å². The molecule has 1 unspecified atom stereocenters. The Bertz CT molecular complexity index is 544. The van der Waals surface area contributed by atoms with Gasteiger partial charge in [0.05, 0.1) is 12.1 Å². The number of hydrogen-bond donors (Lipinski definition) is 3. The number of nitrogens with zero attached hydrogens (tertiary/aromatic N) is 1. The van der Waals surface area contributed by atoms with Gasteiger partial charge in [-0.25, -0.2) is 4.98 Å². The summed E-state index contributed by atoms with van der Waals surface area (Å²) in [6.45, 7) is 10.1. The number of carbonyl (C=O) groups excluding carboxylic acids is 2. The Morgan fingerprint density at radius 1 is 1.28 bits per heavy atom. The summed E-state index contributed by atoms with van der Waals surface area (Å²) >= 11 is 1.32. The van der Waals surface area contributed by atoms with Crippen molar-refractivity contribution in [2.24, 2.45) is 17.1 Å². The first-order valence-electron chi connectivity index (χ1n) is 7.87. The molecule has 1 atom stereocenters. The molecule has 2 amide bonds. The average Bonchev–Trinajstić information content (AvgIpc) is 2.83. The molecule has 0 saturated carbocycles. The van der Waals surface area contributed by atoms with Crippen molar-refractivity contribution in [2.75, 3.05) is 11.9 Å². The zero-order valence-corrected chi connectivity index (χ0v) is 17.9. The van der Waals surface area contributed by atoms with E-state index in [1.54, 1.807) is 5.38 Å². The van der Waals surface area contributed by atoms with Crippen LogP contribution in [0.4, 0.5) is 5.13 Å². The Kier molecular flexibility index (Phi) is 12.3. The van der Waals surface area contributed by atoms with Gasteiger partial charge in [-0.1, -0.05) is 34.6 Å². The largest absolute Gasteiger partial charge is 0.352 e. The highest BCUT2D eigenvalue weighted by atomic mass is 35.5. The SMILES string of the molecule is CC(C)CC(CN)NC(=O)Cc1csc(NC(=O)C(C)(C)C)n1.Cl.Cl. The Labute approximate surface area is 166 Å². The number of rotatable bonds is 7. The molecule has 1 aromatic rings. The number of carbonyl (C=O) groups is 2. The summed E-state index contributed by atoms with van der Waals surface area (Å²) in [5.41, 5.74) is 5.86. The number of hydrogen-bond acceptors (Lipinski definition) is 5. The van der Waals surface area contributed by atoms with Gasteiger partial charge in [0.2, 0.25) is 11.8 Å². The lowest BCUT2D eigenvalue weighted by atomic mass is 9.96. The van der Waals surface area contributed by atoms with Crippen molar-refractivity contribution in [2.45, 2.75) is 53.5 Å². The van der Waals surface area contributed by atoms with Crippen LogP contribution in [0.5, 0.6) is 0 Å². The van der Waals surface area contributed by atoms with Gasteiger partial charge in [0.1, 0.15) is 0 Å². The van der Waals surface area contributed by atoms with Crippen molar-refractivity contribution in [1.29, 1.82) is 0 Å². The summed E-state index contributed by atoms with van der Waals surface area (Å²) in [4.78, 5) is 28.3. The third-order valence-electron chi connectivity index (χ3n) is 3.20. The van der Waals surface area contributed by atoms with Crippen LogP contribution in [0.2, 0.25) is 0 Å². The highest BCUT2D eigenvalue weighted by Crippen LogP contribution is 2.20. The van der Waals surface area contributed by atoms with E-state index >= 15 is 0 Å². The van der Waals surface area contributed by atoms with Crippen LogP contribution in [-0.2, 0) is 16.0 Å². The van der Waals surface area contributed by atoms with Crippen molar-refractivity contribution >= 4 is 53.1 Å². The molecule has 0 aliphatic carbocycles. The quantitative estimate of drug-likeness (QED) is 0.640. The molecule has 0 aliphatic heterocycles. The standard InChI is InChI=1S/C16H28N4O2S.2ClH/c1-10(2)6-11(8-17)18-13(21)7-12-9-23-15(19-12)20-14(22)16(3,4)5;;/h9-11H,6-8,17H2,1-5H3,(H,18,21)(H,19,20,22);2*1H. The van der Waals surface area contributed by atoms with Crippen LogP contribution in [0, 0.1) is 11.3 Å². The molecule has 0 spiro atoms. The van der Waals surface area contributed by atoms with Gasteiger partial charge in [-0.2, -0.15) is 0 Å². The molecule has 1 aromatic heterocycles. The summed E-state index contributed by atoms with van der Waals surface area (Å²) in [7, 11) is 0. The lowest BCUT2D eigenvalue weighted by Crippen LogP contribution is -2.41. The lowest BCUT2D eigenvalue weighted by molar-refractivity contribution is -0.123. The summed E-state index contributed by atoms with van der Waals surface area (Å²) in [5, 5.41) is 8.01. The fourth-order valence-corrected chi connectivity index (χ4v) is 2.66. The summed E-state index contributed by atoms with van der Waals surface area (Å²) in [5.74, 6) is 0.283. The third kappa shape index (κ3) is 9.99. The van der Waals surface area contributed by atoms with E-state index in [2.05, 4.69) is 29.5 Å². The fraction of sp³-hybridized carbons (Fsp3) is 0.688. The molecule has 0 radical (unpaired) electrons. The Balaban J connectivity index is 0. The number of nitrogens with one attached hydrogen (secondary N) is 2. The van der Waals surface area contributed by atoms with Gasteiger partial charge in [0.15, 0.2) is 5.13 Å². The van der Waals surface area contributed by atoms with Crippen molar-refractivity contribution in [1.82, 2.24) is 10.3 Å². The van der Waals surface area contributed by atoms with Gasteiger partial charge in [-0.15, -0.1) is 36.2 Å². The maximum Gasteiger partial charge on any atom is 0.231 e. The Morgan fingerprint density at radius 3 is 2.36 bits per heavy atom. The van der Waals surface area contributed by atoms with E-state index in [4.69, 9.17) is 5.73 Å². The molecular weight excluding hydrogens is 383 g/mol. The van der Waals surface area contributed by atoms with E-state index in [9.17, 15) is 9.59 Å². The molecule has 6 nitrogen and oxygen atoms in total. The van der Waals surface area contributed by atoms with Crippen molar-refractivity contribution in [3.8, 4) is 0 Å². The minimum absolute atomic E-state index is 0. The number of anilines is 1. The molecule has 0 saturated heterocycles. The monoisotopic (exact) mass is 412 g/mol. The number of nitrogens with two attached hydrogens (primary N) is 1. The van der Waals surface area contributed by atoms with E-state index in [0.29, 0.717) is 23.3 Å². The highest BCUT2D eigenvalue weighted by Gasteiger charge is 2.22. The van der Waals surface area contributed by atoms with E-state index < -0.39 is 5.41 Å². The number of aromatic nitrogens is 1. The average molecular weight is 413 g/mol. The van der Waals surface area contributed by atoms with Gasteiger partial charge in [0.25, 0.3) is 0 Å². The molecule has 0 aliphatic rings. The number of amides is 2. The van der Waals surface area contributed by atoms with Crippen molar-refractivity contribution in [3.05, 3.63) is 11.1 Å². The first kappa shape index (κ1) is 26.3. The van der Waals surface area contributed by atoms with Gasteiger partial charge in [-0.3, -0.25) is 9.59 Å². The zero-order chi connectivity index (χ0) is 17.6. The maximum absolute atomic E-state index is 12.1. The van der Waals surface area contributed by atoms with Gasteiger partial charge in [0, 0.05) is 23.4 Å². The molecular formula is C16H30Cl2N4O2S. The van der Waals surface area contributed by atoms with Crippen LogP contribution < -0.4 is 16.4 Å². The molecule has 4 N–H and O–H groups in total. The summed E-state index contributed by atoms with van der Waals surface area (Å²) in [6.07, 6.45) is 1.04. The molecule has 1 heterocycles. The predicted octanol–water partition coefficient (Wildman–Crippen LogP) is 3.00. The maximum atomic E-state index is 12.1. The minimum Gasteiger partial charge on any atom is -0.352 e. The van der Waals surface area contributed by atoms with E-state index in [1.807, 2.05) is 20.8 Å². The van der Waals surface area contributed by atoms with Crippen LogP contribution in [0.25, 0.3) is 0 Å². The molecule has 1 rings (SSSR count). The highest BCUT2D eigenvalue weighted by molar-refractivity contribution is 7.13. The predicted molar refractivity (Wildman–Crippen MR) is 109 cm³/mol. The summed E-state index contributed by atoms with van der Waals surface area (Å²) < 4.78 is 0. The second-order valence-electron chi connectivity index (χ2n) is 7.15. The van der Waals surface area contributed by atoms with Gasteiger partial charge >= 0.3 is 0 Å². The molecule has 0 fully saturated rings. The number of halogens is 2. The van der Waals surface area contributed by atoms with Crippen LogP contribution in [0.1, 0.15) is 46.7 Å². The second kappa shape index (κ2) is 11.7. The number of thiazole rings is 1. The van der Waals surface area contributed by atoms with Crippen LogP contribution in [0.3, 0.4) is 0 Å². The summed E-state index contributed by atoms with van der Waals surface area (Å²) in [6, 6.07) is -0.0128. The van der Waals surface area contributed by atoms with Gasteiger partial charge < -0.3 is 16.4 Å². The van der Waals surface area contributed by atoms with Crippen molar-refractivity contribution in [3.63, 3.8) is 0 Å². The zero-order valence-electron chi connectivity index (χ0n) is 15.4. The molecule has 25 heavy (non-hydrogen) atoms. The first-order chi connectivity index (χ1) is 10.6. The van der Waals surface area contributed by atoms with Crippen LogP contribution in [-0.4, -0.2) is 29.4 Å². The molecule has 0 aromatic carbocycles. The van der Waals surface area contributed by atoms with Crippen LogP contribution >= 0.6 is 36.2 Å². The van der Waals surface area contributed by atoms with E-state index in [1.165, 1.54) is 11.3 Å². The van der Waals surface area contributed by atoms with Gasteiger partial charge in [-0.05, 0) is 12.3 Å². The minimum atomic E-state index is -0.478. The molecule has 146 valence electrons. The normalized spacial score (nSPS) is 12.0. The fourth-order valence-electron chi connectivity index (χ4n) is 1.96.